The van der Waals surface area contributed by atoms with Crippen LogP contribution in [0.2, 0.25) is 0 Å². The fraction of sp³-hybridized carbons (Fsp3) is 0.462. The van der Waals surface area contributed by atoms with Crippen molar-refractivity contribution < 1.29 is 23.4 Å². The van der Waals surface area contributed by atoms with E-state index in [0.29, 0.717) is 25.7 Å². The third-order valence-electron chi connectivity index (χ3n) is 2.93. The van der Waals surface area contributed by atoms with E-state index in [-0.39, 0.29) is 5.69 Å². The largest absolute Gasteiger partial charge is 0.478 e. The lowest BCUT2D eigenvalue weighted by molar-refractivity contribution is 0.0690. The minimum absolute atomic E-state index is 0.0579. The van der Waals surface area contributed by atoms with E-state index >= 15 is 0 Å². The number of benzene rings is 1. The predicted molar refractivity (Wildman–Crippen MR) is 65.4 cm³/mol. The van der Waals surface area contributed by atoms with Crippen LogP contribution >= 0.6 is 0 Å². The Morgan fingerprint density at radius 1 is 1.37 bits per heavy atom. The molecule has 19 heavy (non-hydrogen) atoms. The summed E-state index contributed by atoms with van der Waals surface area (Å²) < 4.78 is 32.2. The molecule has 0 aromatic heterocycles. The minimum atomic E-state index is -1.49. The van der Waals surface area contributed by atoms with Gasteiger partial charge in [-0.2, -0.15) is 0 Å². The SMILES string of the molecule is O=C(O)c1ccc(NCCOCC2CC2)c(F)c1F. The molecule has 0 aliphatic heterocycles. The fourth-order valence-corrected chi connectivity index (χ4v) is 1.64. The Labute approximate surface area is 109 Å². The van der Waals surface area contributed by atoms with E-state index < -0.39 is 23.2 Å². The molecule has 1 aromatic carbocycles. The fourth-order valence-electron chi connectivity index (χ4n) is 1.64. The number of hydrogen-bond acceptors (Lipinski definition) is 3. The summed E-state index contributed by atoms with van der Waals surface area (Å²) in [6.07, 6.45) is 2.40. The number of hydrogen-bond donors (Lipinski definition) is 2. The van der Waals surface area contributed by atoms with Crippen LogP contribution in [0.15, 0.2) is 12.1 Å². The molecule has 0 radical (unpaired) electrons. The van der Waals surface area contributed by atoms with Crippen LogP contribution in [0.3, 0.4) is 0 Å². The quantitative estimate of drug-likeness (QED) is 0.748. The van der Waals surface area contributed by atoms with Crippen LogP contribution in [0.1, 0.15) is 23.2 Å². The highest BCUT2D eigenvalue weighted by Crippen LogP contribution is 2.28. The minimum Gasteiger partial charge on any atom is -0.478 e. The van der Waals surface area contributed by atoms with E-state index in [9.17, 15) is 13.6 Å². The van der Waals surface area contributed by atoms with Gasteiger partial charge in [-0.15, -0.1) is 0 Å². The number of anilines is 1. The van der Waals surface area contributed by atoms with Crippen LogP contribution in [0.25, 0.3) is 0 Å². The van der Waals surface area contributed by atoms with Gasteiger partial charge in [0.1, 0.15) is 0 Å². The van der Waals surface area contributed by atoms with Gasteiger partial charge in [0, 0.05) is 13.2 Å². The molecular formula is C13H15F2NO3. The van der Waals surface area contributed by atoms with Gasteiger partial charge in [-0.3, -0.25) is 0 Å². The average molecular weight is 271 g/mol. The van der Waals surface area contributed by atoms with E-state index in [2.05, 4.69) is 5.32 Å². The van der Waals surface area contributed by atoms with Gasteiger partial charge in [0.2, 0.25) is 0 Å². The van der Waals surface area contributed by atoms with E-state index in [0.717, 1.165) is 6.07 Å². The summed E-state index contributed by atoms with van der Waals surface area (Å²) in [4.78, 5) is 10.6. The zero-order valence-corrected chi connectivity index (χ0v) is 10.3. The Balaban J connectivity index is 1.85. The Morgan fingerprint density at radius 2 is 2.11 bits per heavy atom. The zero-order valence-electron chi connectivity index (χ0n) is 10.3. The molecule has 1 aliphatic rings. The first-order valence-corrected chi connectivity index (χ1v) is 6.12. The normalized spacial score (nSPS) is 14.4. The van der Waals surface area contributed by atoms with Crippen LogP contribution in [-0.2, 0) is 4.74 Å². The Hall–Kier alpha value is -1.69. The van der Waals surface area contributed by atoms with E-state index in [1.807, 2.05) is 0 Å². The van der Waals surface area contributed by atoms with Gasteiger partial charge in [0.25, 0.3) is 0 Å². The average Bonchev–Trinajstić information content (AvgIpc) is 3.17. The Bertz CT molecular complexity index is 475. The summed E-state index contributed by atoms with van der Waals surface area (Å²) in [6, 6.07) is 2.25. The molecule has 0 atom stereocenters. The molecule has 1 fully saturated rings. The maximum absolute atomic E-state index is 13.5. The first-order valence-electron chi connectivity index (χ1n) is 6.12. The molecule has 1 aromatic rings. The second-order valence-electron chi connectivity index (χ2n) is 4.54. The number of nitrogens with one attached hydrogen (secondary N) is 1. The van der Waals surface area contributed by atoms with E-state index in [4.69, 9.17) is 9.84 Å². The van der Waals surface area contributed by atoms with E-state index in [1.54, 1.807) is 0 Å². The van der Waals surface area contributed by atoms with Crippen molar-refractivity contribution in [3.63, 3.8) is 0 Å². The highest BCUT2D eigenvalue weighted by Gasteiger charge is 2.21. The number of ether oxygens (including phenoxy) is 1. The molecule has 0 spiro atoms. The summed E-state index contributed by atoms with van der Waals surface area (Å²) in [7, 11) is 0. The van der Waals surface area contributed by atoms with Crippen molar-refractivity contribution in [2.24, 2.45) is 5.92 Å². The summed E-state index contributed by atoms with van der Waals surface area (Å²) in [5, 5.41) is 11.3. The molecule has 0 amide bonds. The molecule has 0 saturated heterocycles. The van der Waals surface area contributed by atoms with Gasteiger partial charge in [-0.25, -0.2) is 13.6 Å². The van der Waals surface area contributed by atoms with Gasteiger partial charge in [-0.1, -0.05) is 0 Å². The van der Waals surface area contributed by atoms with Crippen molar-refractivity contribution in [3.05, 3.63) is 29.3 Å². The number of aromatic carboxylic acids is 1. The summed E-state index contributed by atoms with van der Waals surface area (Å²) >= 11 is 0. The lowest BCUT2D eigenvalue weighted by Gasteiger charge is -2.09. The molecule has 0 unspecified atom stereocenters. The van der Waals surface area contributed by atoms with Crippen molar-refractivity contribution in [1.82, 2.24) is 0 Å². The second-order valence-corrected chi connectivity index (χ2v) is 4.54. The van der Waals surface area contributed by atoms with Crippen LogP contribution in [-0.4, -0.2) is 30.8 Å². The molecule has 4 nitrogen and oxygen atoms in total. The number of halogens is 2. The van der Waals surface area contributed by atoms with Crippen molar-refractivity contribution in [2.45, 2.75) is 12.8 Å². The van der Waals surface area contributed by atoms with Crippen molar-refractivity contribution in [3.8, 4) is 0 Å². The summed E-state index contributed by atoms with van der Waals surface area (Å²) in [5.74, 6) is -3.36. The van der Waals surface area contributed by atoms with Gasteiger partial charge >= 0.3 is 5.97 Å². The molecule has 104 valence electrons. The first kappa shape index (κ1) is 13.7. The third-order valence-corrected chi connectivity index (χ3v) is 2.93. The number of rotatable bonds is 7. The van der Waals surface area contributed by atoms with Gasteiger partial charge in [-0.05, 0) is 30.9 Å². The van der Waals surface area contributed by atoms with Crippen LogP contribution < -0.4 is 5.32 Å². The first-order chi connectivity index (χ1) is 9.09. The highest BCUT2D eigenvalue weighted by atomic mass is 19.2. The molecule has 1 aliphatic carbocycles. The van der Waals surface area contributed by atoms with Gasteiger partial charge in [0.15, 0.2) is 11.6 Å². The Morgan fingerprint density at radius 3 is 2.74 bits per heavy atom. The molecular weight excluding hydrogens is 256 g/mol. The second kappa shape index (κ2) is 5.97. The molecule has 2 rings (SSSR count). The third kappa shape index (κ3) is 3.64. The monoisotopic (exact) mass is 271 g/mol. The molecule has 6 heteroatoms. The van der Waals surface area contributed by atoms with Gasteiger partial charge < -0.3 is 15.2 Å². The lowest BCUT2D eigenvalue weighted by Crippen LogP contribution is -2.13. The Kier molecular flexibility index (Phi) is 4.31. The smallest absolute Gasteiger partial charge is 0.338 e. The standard InChI is InChI=1S/C13H15F2NO3/c14-11-9(13(17)18)3-4-10(12(11)15)16-5-6-19-7-8-1-2-8/h3-4,8,16H,1-2,5-7H2,(H,17,18). The van der Waals surface area contributed by atoms with Crippen molar-refractivity contribution >= 4 is 11.7 Å². The number of carboxylic acids is 1. The maximum atomic E-state index is 13.5. The van der Waals surface area contributed by atoms with Crippen LogP contribution in [0.5, 0.6) is 0 Å². The molecule has 0 heterocycles. The molecule has 2 N–H and O–H groups in total. The summed E-state index contributed by atoms with van der Waals surface area (Å²) in [5.41, 5.74) is -0.731. The topological polar surface area (TPSA) is 58.6 Å². The number of carboxylic acid groups (broad SMARTS) is 1. The maximum Gasteiger partial charge on any atom is 0.338 e. The van der Waals surface area contributed by atoms with E-state index in [1.165, 1.54) is 18.9 Å². The van der Waals surface area contributed by atoms with Crippen molar-refractivity contribution in [1.29, 1.82) is 0 Å². The summed E-state index contributed by atoms with van der Waals surface area (Å²) in [6.45, 7) is 1.45. The predicted octanol–water partition coefficient (Wildman–Crippen LogP) is 2.50. The molecule has 1 saturated carbocycles. The molecule has 0 bridgehead atoms. The lowest BCUT2D eigenvalue weighted by atomic mass is 10.2. The van der Waals surface area contributed by atoms with Crippen LogP contribution in [0.4, 0.5) is 14.5 Å². The van der Waals surface area contributed by atoms with Crippen molar-refractivity contribution in [2.75, 3.05) is 25.1 Å². The zero-order chi connectivity index (χ0) is 13.8. The number of carbonyl (C=O) groups is 1. The van der Waals surface area contributed by atoms with Crippen LogP contribution in [0, 0.1) is 17.6 Å². The highest BCUT2D eigenvalue weighted by molar-refractivity contribution is 5.88. The van der Waals surface area contributed by atoms with Gasteiger partial charge in [0.05, 0.1) is 17.9 Å².